The highest BCUT2D eigenvalue weighted by molar-refractivity contribution is 5.76. The van der Waals surface area contributed by atoms with Crippen molar-refractivity contribution in [1.82, 2.24) is 19.4 Å². The van der Waals surface area contributed by atoms with Crippen LogP contribution in [0.15, 0.2) is 41.5 Å². The molecule has 1 saturated heterocycles. The van der Waals surface area contributed by atoms with Gasteiger partial charge in [-0.1, -0.05) is 0 Å². The van der Waals surface area contributed by atoms with Gasteiger partial charge in [0, 0.05) is 38.6 Å². The summed E-state index contributed by atoms with van der Waals surface area (Å²) >= 11 is 0. The molecule has 1 amide bonds. The fraction of sp³-hybridized carbons (Fsp3) is 0.385. The summed E-state index contributed by atoms with van der Waals surface area (Å²) in [6, 6.07) is 3.87. The van der Waals surface area contributed by atoms with Crippen LogP contribution < -0.4 is 0 Å². The van der Waals surface area contributed by atoms with E-state index in [1.165, 1.54) is 10.9 Å². The molecule has 1 aliphatic rings. The molecule has 0 aromatic carbocycles. The summed E-state index contributed by atoms with van der Waals surface area (Å²) < 4.78 is 6.85. The van der Waals surface area contributed by atoms with Crippen molar-refractivity contribution >= 4 is 6.03 Å². The number of hydrogen-bond acceptors (Lipinski definition) is 4. The van der Waals surface area contributed by atoms with Crippen LogP contribution in [-0.2, 0) is 6.54 Å². The van der Waals surface area contributed by atoms with Crippen LogP contribution in [0.4, 0.5) is 4.79 Å². The summed E-state index contributed by atoms with van der Waals surface area (Å²) in [4.78, 5) is 20.1. The summed E-state index contributed by atoms with van der Waals surface area (Å²) in [5, 5.41) is 0. The molecular formula is C13H16N4O2. The van der Waals surface area contributed by atoms with Crippen molar-refractivity contribution in [1.29, 1.82) is 0 Å². The van der Waals surface area contributed by atoms with Crippen molar-refractivity contribution in [3.05, 3.63) is 42.9 Å². The van der Waals surface area contributed by atoms with E-state index in [-0.39, 0.29) is 6.03 Å². The van der Waals surface area contributed by atoms with Gasteiger partial charge in [-0.25, -0.2) is 9.78 Å². The minimum atomic E-state index is -0.00449. The van der Waals surface area contributed by atoms with E-state index in [2.05, 4.69) is 9.88 Å². The highest BCUT2D eigenvalue weighted by atomic mass is 16.3. The van der Waals surface area contributed by atoms with E-state index >= 15 is 0 Å². The van der Waals surface area contributed by atoms with Crippen molar-refractivity contribution < 1.29 is 9.21 Å². The molecule has 2 aromatic heterocycles. The largest absolute Gasteiger partial charge is 0.468 e. The van der Waals surface area contributed by atoms with Gasteiger partial charge in [0.05, 0.1) is 12.8 Å². The lowest BCUT2D eigenvalue weighted by Gasteiger charge is -2.34. The number of carbonyl (C=O) groups excluding carboxylic acids is 1. The molecule has 1 fully saturated rings. The zero-order valence-electron chi connectivity index (χ0n) is 10.6. The smallest absolute Gasteiger partial charge is 0.329 e. The lowest BCUT2D eigenvalue weighted by Crippen LogP contribution is -2.49. The lowest BCUT2D eigenvalue weighted by molar-refractivity contribution is 0.131. The first-order chi connectivity index (χ1) is 9.33. The predicted molar refractivity (Wildman–Crippen MR) is 68.6 cm³/mol. The summed E-state index contributed by atoms with van der Waals surface area (Å²) in [5.74, 6) is 0.967. The van der Waals surface area contributed by atoms with Crippen molar-refractivity contribution in [3.63, 3.8) is 0 Å². The van der Waals surface area contributed by atoms with E-state index in [0.29, 0.717) is 0 Å². The fourth-order valence-corrected chi connectivity index (χ4v) is 2.26. The van der Waals surface area contributed by atoms with Crippen LogP contribution >= 0.6 is 0 Å². The van der Waals surface area contributed by atoms with Gasteiger partial charge >= 0.3 is 6.03 Å². The number of furan rings is 1. The number of imidazole rings is 1. The van der Waals surface area contributed by atoms with Crippen molar-refractivity contribution in [2.45, 2.75) is 6.54 Å². The third kappa shape index (κ3) is 2.68. The highest BCUT2D eigenvalue weighted by Crippen LogP contribution is 2.09. The second-order valence-corrected chi connectivity index (χ2v) is 4.60. The highest BCUT2D eigenvalue weighted by Gasteiger charge is 2.22. The van der Waals surface area contributed by atoms with Gasteiger partial charge in [-0.2, -0.15) is 0 Å². The Balaban J connectivity index is 1.53. The fourth-order valence-electron chi connectivity index (χ4n) is 2.26. The van der Waals surface area contributed by atoms with Crippen LogP contribution in [0.2, 0.25) is 0 Å². The molecule has 19 heavy (non-hydrogen) atoms. The summed E-state index contributed by atoms with van der Waals surface area (Å²) in [6.07, 6.45) is 6.52. The number of aromatic nitrogens is 2. The monoisotopic (exact) mass is 260 g/mol. The zero-order chi connectivity index (χ0) is 13.1. The normalized spacial score (nSPS) is 16.7. The molecule has 3 heterocycles. The third-order valence-corrected chi connectivity index (χ3v) is 3.33. The molecule has 6 nitrogen and oxygen atoms in total. The maximum Gasteiger partial charge on any atom is 0.329 e. The third-order valence-electron chi connectivity index (χ3n) is 3.33. The number of piperazine rings is 1. The van der Waals surface area contributed by atoms with Crippen LogP contribution in [0, 0.1) is 0 Å². The molecule has 0 N–H and O–H groups in total. The number of amides is 1. The summed E-state index contributed by atoms with van der Waals surface area (Å²) in [6.45, 7) is 4.00. The Morgan fingerprint density at radius 3 is 2.79 bits per heavy atom. The Bertz CT molecular complexity index is 513. The Kier molecular flexibility index (Phi) is 3.33. The predicted octanol–water partition coefficient (Wildman–Crippen LogP) is 1.26. The molecule has 0 atom stereocenters. The average molecular weight is 260 g/mol. The SMILES string of the molecule is O=C(N1CCN(Cc2ccco2)CC1)n1ccnc1. The molecular weight excluding hydrogens is 244 g/mol. The van der Waals surface area contributed by atoms with E-state index in [9.17, 15) is 4.79 Å². The number of hydrogen-bond donors (Lipinski definition) is 0. The van der Waals surface area contributed by atoms with E-state index in [1.807, 2.05) is 17.0 Å². The molecule has 0 aliphatic carbocycles. The van der Waals surface area contributed by atoms with E-state index in [0.717, 1.165) is 38.5 Å². The molecule has 0 bridgehead atoms. The quantitative estimate of drug-likeness (QED) is 0.815. The van der Waals surface area contributed by atoms with Crippen LogP contribution in [-0.4, -0.2) is 51.6 Å². The molecule has 3 rings (SSSR count). The van der Waals surface area contributed by atoms with Crippen LogP contribution in [0.1, 0.15) is 5.76 Å². The molecule has 0 spiro atoms. The maximum absolute atomic E-state index is 12.1. The van der Waals surface area contributed by atoms with Gasteiger partial charge in [-0.3, -0.25) is 9.47 Å². The van der Waals surface area contributed by atoms with Gasteiger partial charge in [0.2, 0.25) is 0 Å². The molecule has 0 unspecified atom stereocenters. The van der Waals surface area contributed by atoms with Gasteiger partial charge in [0.1, 0.15) is 12.1 Å². The second kappa shape index (κ2) is 5.27. The van der Waals surface area contributed by atoms with Crippen LogP contribution in [0.3, 0.4) is 0 Å². The molecule has 6 heteroatoms. The first-order valence-electron chi connectivity index (χ1n) is 6.35. The van der Waals surface area contributed by atoms with Crippen molar-refractivity contribution in [3.8, 4) is 0 Å². The number of rotatable bonds is 2. The van der Waals surface area contributed by atoms with E-state index in [1.54, 1.807) is 18.7 Å². The topological polar surface area (TPSA) is 54.5 Å². The summed E-state index contributed by atoms with van der Waals surface area (Å²) in [5.41, 5.74) is 0. The molecule has 2 aromatic rings. The number of nitrogens with zero attached hydrogens (tertiary/aromatic N) is 4. The minimum Gasteiger partial charge on any atom is -0.468 e. The van der Waals surface area contributed by atoms with Gasteiger partial charge in [0.25, 0.3) is 0 Å². The summed E-state index contributed by atoms with van der Waals surface area (Å²) in [7, 11) is 0. The van der Waals surface area contributed by atoms with Gasteiger partial charge in [-0.05, 0) is 12.1 Å². The van der Waals surface area contributed by atoms with E-state index in [4.69, 9.17) is 4.42 Å². The Morgan fingerprint density at radius 1 is 1.32 bits per heavy atom. The maximum atomic E-state index is 12.1. The Hall–Kier alpha value is -2.08. The van der Waals surface area contributed by atoms with Crippen molar-refractivity contribution in [2.75, 3.05) is 26.2 Å². The number of carbonyl (C=O) groups is 1. The zero-order valence-corrected chi connectivity index (χ0v) is 10.6. The van der Waals surface area contributed by atoms with Crippen LogP contribution in [0.5, 0.6) is 0 Å². The van der Waals surface area contributed by atoms with E-state index < -0.39 is 0 Å². The molecule has 0 radical (unpaired) electrons. The molecule has 100 valence electrons. The minimum absolute atomic E-state index is 0.00449. The second-order valence-electron chi connectivity index (χ2n) is 4.60. The van der Waals surface area contributed by atoms with Gasteiger partial charge < -0.3 is 9.32 Å². The first kappa shape index (κ1) is 12.0. The Morgan fingerprint density at radius 2 is 2.16 bits per heavy atom. The first-order valence-corrected chi connectivity index (χ1v) is 6.35. The van der Waals surface area contributed by atoms with Gasteiger partial charge in [0.15, 0.2) is 0 Å². The van der Waals surface area contributed by atoms with Crippen LogP contribution in [0.25, 0.3) is 0 Å². The average Bonchev–Trinajstić information content (AvgIpc) is 3.12. The van der Waals surface area contributed by atoms with Gasteiger partial charge in [-0.15, -0.1) is 0 Å². The molecule has 0 saturated carbocycles. The lowest BCUT2D eigenvalue weighted by atomic mass is 10.3. The van der Waals surface area contributed by atoms with Crippen molar-refractivity contribution in [2.24, 2.45) is 0 Å². The Labute approximate surface area is 111 Å². The molecule has 1 aliphatic heterocycles. The standard InChI is InChI=1S/C13H16N4O2/c18-13(17-4-3-14-11-17)16-7-5-15(6-8-16)10-12-2-1-9-19-12/h1-4,9,11H,5-8,10H2.